The first-order chi connectivity index (χ1) is 11.9. The van der Waals surface area contributed by atoms with Crippen molar-refractivity contribution in [3.05, 3.63) is 40.9 Å². The Kier molecular flexibility index (Phi) is 6.61. The molecule has 1 heterocycles. The van der Waals surface area contributed by atoms with E-state index in [1.165, 1.54) is 12.1 Å². The van der Waals surface area contributed by atoms with Crippen LogP contribution < -0.4 is 9.62 Å². The first kappa shape index (κ1) is 19.5. The Bertz CT molecular complexity index is 804. The van der Waals surface area contributed by atoms with Gasteiger partial charge in [-0.3, -0.25) is 4.72 Å². The molecule has 0 fully saturated rings. The van der Waals surface area contributed by atoms with Gasteiger partial charge in [0.05, 0.1) is 4.90 Å². The lowest BCUT2D eigenvalue weighted by Gasteiger charge is -2.21. The number of nitrogens with zero attached hydrogens (tertiary/aromatic N) is 3. The Hall–Kier alpha value is -1.86. The Morgan fingerprint density at radius 1 is 1.08 bits per heavy atom. The topological polar surface area (TPSA) is 75.2 Å². The highest BCUT2D eigenvalue weighted by Gasteiger charge is 2.16. The molecule has 0 radical (unpaired) electrons. The maximum atomic E-state index is 12.5. The molecule has 1 aromatic heterocycles. The molecule has 8 heteroatoms. The summed E-state index contributed by atoms with van der Waals surface area (Å²) in [6, 6.07) is 7.96. The normalized spacial score (nSPS) is 11.4. The van der Waals surface area contributed by atoms with Gasteiger partial charge in [0.15, 0.2) is 11.6 Å². The van der Waals surface area contributed by atoms with Crippen LogP contribution in [-0.4, -0.2) is 31.7 Å². The molecule has 0 saturated carbocycles. The summed E-state index contributed by atoms with van der Waals surface area (Å²) in [6.07, 6.45) is 2.01. The summed E-state index contributed by atoms with van der Waals surface area (Å²) >= 11 is 5.95. The number of hydrogen-bond acceptors (Lipinski definition) is 5. The highest BCUT2D eigenvalue weighted by atomic mass is 35.5. The fourth-order valence-electron chi connectivity index (χ4n) is 2.41. The summed E-state index contributed by atoms with van der Waals surface area (Å²) in [6.45, 7) is 7.74. The summed E-state index contributed by atoms with van der Waals surface area (Å²) in [5.41, 5.74) is 0.695. The first-order valence-corrected chi connectivity index (χ1v) is 10.1. The molecule has 2 rings (SSSR count). The zero-order chi connectivity index (χ0) is 18.4. The largest absolute Gasteiger partial charge is 0.355 e. The van der Waals surface area contributed by atoms with Gasteiger partial charge in [-0.25, -0.2) is 8.42 Å². The average Bonchev–Trinajstić information content (AvgIpc) is 2.57. The molecule has 0 spiro atoms. The van der Waals surface area contributed by atoms with Crippen LogP contribution in [0, 0.1) is 6.92 Å². The third-order valence-electron chi connectivity index (χ3n) is 3.64. The lowest BCUT2D eigenvalue weighted by atomic mass is 10.2. The van der Waals surface area contributed by atoms with Crippen LogP contribution in [0.25, 0.3) is 0 Å². The fraction of sp³-hybridized carbons (Fsp3) is 0.412. The molecule has 1 N–H and O–H groups in total. The van der Waals surface area contributed by atoms with Crippen molar-refractivity contribution in [1.82, 2.24) is 10.2 Å². The number of rotatable bonds is 8. The molecule has 0 atom stereocenters. The van der Waals surface area contributed by atoms with Gasteiger partial charge in [0, 0.05) is 18.1 Å². The Morgan fingerprint density at radius 2 is 1.76 bits per heavy atom. The quantitative estimate of drug-likeness (QED) is 0.750. The minimum atomic E-state index is -3.73. The van der Waals surface area contributed by atoms with Crippen molar-refractivity contribution in [1.29, 1.82) is 0 Å². The van der Waals surface area contributed by atoms with E-state index in [1.807, 2.05) is 0 Å². The molecular formula is C17H23ClN4O2S. The van der Waals surface area contributed by atoms with Crippen molar-refractivity contribution in [3.63, 3.8) is 0 Å². The molecule has 0 bridgehead atoms. The summed E-state index contributed by atoms with van der Waals surface area (Å²) in [5.74, 6) is 0.929. The molecule has 25 heavy (non-hydrogen) atoms. The van der Waals surface area contributed by atoms with E-state index in [4.69, 9.17) is 11.6 Å². The van der Waals surface area contributed by atoms with Gasteiger partial charge >= 0.3 is 0 Å². The van der Waals surface area contributed by atoms with Crippen LogP contribution in [0.3, 0.4) is 0 Å². The second-order valence-electron chi connectivity index (χ2n) is 5.78. The van der Waals surface area contributed by atoms with Crippen LogP contribution in [0.15, 0.2) is 35.2 Å². The molecule has 136 valence electrons. The average molecular weight is 383 g/mol. The molecule has 0 aliphatic carbocycles. The van der Waals surface area contributed by atoms with Gasteiger partial charge in [0.1, 0.15) is 0 Å². The molecule has 0 aliphatic rings. The number of aryl methyl sites for hydroxylation is 1. The van der Waals surface area contributed by atoms with Crippen molar-refractivity contribution in [2.45, 2.75) is 38.5 Å². The van der Waals surface area contributed by atoms with Crippen LogP contribution in [0.4, 0.5) is 11.6 Å². The summed E-state index contributed by atoms with van der Waals surface area (Å²) in [7, 11) is -3.73. The van der Waals surface area contributed by atoms with E-state index in [1.54, 1.807) is 25.1 Å². The highest BCUT2D eigenvalue weighted by Crippen LogP contribution is 2.21. The van der Waals surface area contributed by atoms with Crippen molar-refractivity contribution >= 4 is 33.3 Å². The zero-order valence-corrected chi connectivity index (χ0v) is 16.2. The van der Waals surface area contributed by atoms with Crippen LogP contribution in [0.1, 0.15) is 32.3 Å². The number of nitrogens with one attached hydrogen (secondary N) is 1. The van der Waals surface area contributed by atoms with Gasteiger partial charge in [0.2, 0.25) is 0 Å². The Balaban J connectivity index is 2.18. The smallest absolute Gasteiger partial charge is 0.263 e. The summed E-state index contributed by atoms with van der Waals surface area (Å²) in [4.78, 5) is 2.27. The second-order valence-corrected chi connectivity index (χ2v) is 7.87. The predicted octanol–water partition coefficient (Wildman–Crippen LogP) is 3.87. The summed E-state index contributed by atoms with van der Waals surface area (Å²) in [5, 5.41) is 8.68. The van der Waals surface area contributed by atoms with Gasteiger partial charge in [-0.2, -0.15) is 0 Å². The number of aromatic nitrogens is 2. The van der Waals surface area contributed by atoms with E-state index in [0.717, 1.165) is 31.7 Å². The molecule has 0 amide bonds. The molecule has 0 saturated heterocycles. The van der Waals surface area contributed by atoms with Gasteiger partial charge in [-0.15, -0.1) is 10.2 Å². The van der Waals surface area contributed by atoms with E-state index in [2.05, 4.69) is 33.7 Å². The molecule has 0 unspecified atom stereocenters. The van der Waals surface area contributed by atoms with Crippen molar-refractivity contribution in [2.75, 3.05) is 22.7 Å². The van der Waals surface area contributed by atoms with Crippen molar-refractivity contribution in [2.24, 2.45) is 0 Å². The Morgan fingerprint density at radius 3 is 2.28 bits per heavy atom. The third-order valence-corrected chi connectivity index (χ3v) is 5.42. The highest BCUT2D eigenvalue weighted by molar-refractivity contribution is 7.92. The molecule has 1 aromatic carbocycles. The number of benzene rings is 1. The van der Waals surface area contributed by atoms with Crippen molar-refractivity contribution < 1.29 is 8.42 Å². The van der Waals surface area contributed by atoms with Crippen LogP contribution in [0.5, 0.6) is 0 Å². The van der Waals surface area contributed by atoms with Crippen LogP contribution in [0.2, 0.25) is 5.02 Å². The molecular weight excluding hydrogens is 360 g/mol. The monoisotopic (exact) mass is 382 g/mol. The standard InChI is InChI=1S/C17H23ClN4O2S/c1-4-10-22(11-5-2)17-9-8-16(19-20-17)21-25(23,24)14-6-7-15(18)13(3)12-14/h6-9,12H,4-5,10-11H2,1-3H3,(H,19,21). The van der Waals surface area contributed by atoms with Crippen LogP contribution in [-0.2, 0) is 10.0 Å². The summed E-state index contributed by atoms with van der Waals surface area (Å²) < 4.78 is 27.4. The van der Waals surface area contributed by atoms with Gasteiger partial charge in [-0.1, -0.05) is 25.4 Å². The third kappa shape index (κ3) is 5.06. The van der Waals surface area contributed by atoms with Gasteiger partial charge in [0.25, 0.3) is 10.0 Å². The van der Waals surface area contributed by atoms with Gasteiger partial charge in [-0.05, 0) is 55.7 Å². The maximum absolute atomic E-state index is 12.5. The minimum Gasteiger partial charge on any atom is -0.355 e. The van der Waals surface area contributed by atoms with E-state index >= 15 is 0 Å². The number of halogens is 1. The number of anilines is 2. The minimum absolute atomic E-state index is 0.138. The SMILES string of the molecule is CCCN(CCC)c1ccc(NS(=O)(=O)c2ccc(Cl)c(C)c2)nn1. The van der Waals surface area contributed by atoms with E-state index in [-0.39, 0.29) is 10.7 Å². The lowest BCUT2D eigenvalue weighted by Crippen LogP contribution is -2.26. The maximum Gasteiger partial charge on any atom is 0.263 e. The first-order valence-electron chi connectivity index (χ1n) is 8.25. The Labute approximate surface area is 154 Å². The molecule has 2 aromatic rings. The lowest BCUT2D eigenvalue weighted by molar-refractivity contribution is 0.601. The number of sulfonamides is 1. The van der Waals surface area contributed by atoms with Gasteiger partial charge < -0.3 is 4.90 Å². The van der Waals surface area contributed by atoms with Crippen LogP contribution >= 0.6 is 11.6 Å². The molecule has 0 aliphatic heterocycles. The zero-order valence-electron chi connectivity index (χ0n) is 14.7. The molecule has 6 nitrogen and oxygen atoms in total. The van der Waals surface area contributed by atoms with E-state index in [9.17, 15) is 8.42 Å². The fourth-order valence-corrected chi connectivity index (χ4v) is 3.61. The predicted molar refractivity (Wildman–Crippen MR) is 102 cm³/mol. The van der Waals surface area contributed by atoms with E-state index < -0.39 is 10.0 Å². The van der Waals surface area contributed by atoms with Crippen molar-refractivity contribution in [3.8, 4) is 0 Å². The second kappa shape index (κ2) is 8.49. The number of hydrogen-bond donors (Lipinski definition) is 1. The van der Waals surface area contributed by atoms with E-state index in [0.29, 0.717) is 10.6 Å².